The highest BCUT2D eigenvalue weighted by atomic mass is 32.1. The van der Waals surface area contributed by atoms with Crippen LogP contribution in [0.15, 0.2) is 66.8 Å². The van der Waals surface area contributed by atoms with Crippen molar-refractivity contribution < 1.29 is 0 Å². The van der Waals surface area contributed by atoms with E-state index in [4.69, 9.17) is 0 Å². The van der Waals surface area contributed by atoms with Crippen LogP contribution in [0.2, 0.25) is 0 Å². The minimum absolute atomic E-state index is 0.827. The number of rotatable bonds is 6. The van der Waals surface area contributed by atoms with Gasteiger partial charge in [-0.05, 0) is 17.7 Å². The van der Waals surface area contributed by atoms with Crippen LogP contribution in [0.3, 0.4) is 0 Å². The van der Waals surface area contributed by atoms with Gasteiger partial charge in [-0.1, -0.05) is 36.9 Å². The molecule has 0 amide bonds. The van der Waals surface area contributed by atoms with E-state index in [2.05, 4.69) is 39.4 Å². The van der Waals surface area contributed by atoms with Crippen LogP contribution >= 0.6 is 11.3 Å². The van der Waals surface area contributed by atoms with Gasteiger partial charge in [0.25, 0.3) is 0 Å². The Morgan fingerprint density at radius 3 is 2.64 bits per heavy atom. The summed E-state index contributed by atoms with van der Waals surface area (Å²) in [6.45, 7) is 4.90. The van der Waals surface area contributed by atoms with E-state index in [-0.39, 0.29) is 0 Å². The number of nitrogens with one attached hydrogen (secondary N) is 1. The fraction of sp³-hybridized carbons (Fsp3) is 0.111. The van der Waals surface area contributed by atoms with E-state index >= 15 is 0 Å². The smallest absolute Gasteiger partial charge is 0.123 e. The number of hydrogen-bond donors (Lipinski definition) is 1. The Morgan fingerprint density at radius 1 is 1.09 bits per heavy atom. The third kappa shape index (κ3) is 3.59. The number of hydrogen-bond acceptors (Lipinski definition) is 4. The summed E-state index contributed by atoms with van der Waals surface area (Å²) < 4.78 is 0. The molecule has 0 aliphatic heterocycles. The Hall–Kier alpha value is -2.46. The first-order chi connectivity index (χ1) is 10.8. The van der Waals surface area contributed by atoms with E-state index in [0.29, 0.717) is 0 Å². The van der Waals surface area contributed by atoms with Crippen LogP contribution in [-0.4, -0.2) is 16.5 Å². The molecule has 1 N–H and O–H groups in total. The molecule has 3 rings (SSSR count). The number of thiazole rings is 1. The first kappa shape index (κ1) is 14.5. The molecule has 0 saturated heterocycles. The van der Waals surface area contributed by atoms with Crippen molar-refractivity contribution in [2.45, 2.75) is 6.42 Å². The average molecular weight is 307 g/mol. The van der Waals surface area contributed by atoms with Gasteiger partial charge in [-0.15, -0.1) is 11.3 Å². The molecule has 0 unspecified atom stereocenters. The second kappa shape index (κ2) is 7.00. The van der Waals surface area contributed by atoms with Crippen LogP contribution < -0.4 is 5.32 Å². The SMILES string of the molecule is C=C(NCCc1csc(-c2ccncc2)n1)c1ccccc1. The predicted octanol–water partition coefficient (Wildman–Crippen LogP) is 4.01. The molecule has 0 bridgehead atoms. The molecule has 0 fully saturated rings. The van der Waals surface area contributed by atoms with Gasteiger partial charge in [0.1, 0.15) is 5.01 Å². The molecule has 1 aromatic carbocycles. The molecule has 4 heteroatoms. The zero-order chi connectivity index (χ0) is 15.2. The number of aromatic nitrogens is 2. The normalized spacial score (nSPS) is 10.4. The lowest BCUT2D eigenvalue weighted by Crippen LogP contribution is -2.15. The molecule has 3 nitrogen and oxygen atoms in total. The van der Waals surface area contributed by atoms with Crippen molar-refractivity contribution in [3.05, 3.63) is 78.1 Å². The lowest BCUT2D eigenvalue weighted by molar-refractivity contribution is 0.833. The summed E-state index contributed by atoms with van der Waals surface area (Å²) in [5.41, 5.74) is 4.29. The van der Waals surface area contributed by atoms with Crippen LogP contribution in [0.1, 0.15) is 11.3 Å². The molecular formula is C18H17N3S. The van der Waals surface area contributed by atoms with Crippen molar-refractivity contribution in [2.75, 3.05) is 6.54 Å². The second-order valence-corrected chi connectivity index (χ2v) is 5.76. The maximum atomic E-state index is 4.67. The van der Waals surface area contributed by atoms with E-state index < -0.39 is 0 Å². The van der Waals surface area contributed by atoms with Gasteiger partial charge in [-0.2, -0.15) is 0 Å². The Labute approximate surface area is 134 Å². The highest BCUT2D eigenvalue weighted by molar-refractivity contribution is 7.13. The first-order valence-corrected chi connectivity index (χ1v) is 8.04. The minimum atomic E-state index is 0.827. The van der Waals surface area contributed by atoms with Crippen LogP contribution in [-0.2, 0) is 6.42 Å². The molecule has 0 spiro atoms. The number of nitrogens with zero attached hydrogens (tertiary/aromatic N) is 2. The average Bonchev–Trinajstić information content (AvgIpc) is 3.05. The lowest BCUT2D eigenvalue weighted by Gasteiger charge is -2.08. The Balaban J connectivity index is 1.55. The fourth-order valence-corrected chi connectivity index (χ4v) is 2.99. The van der Waals surface area contributed by atoms with Crippen molar-refractivity contribution >= 4 is 17.0 Å². The van der Waals surface area contributed by atoms with Crippen LogP contribution in [0.5, 0.6) is 0 Å². The molecule has 0 saturated carbocycles. The molecular weight excluding hydrogens is 290 g/mol. The van der Waals surface area contributed by atoms with Gasteiger partial charge in [0.15, 0.2) is 0 Å². The first-order valence-electron chi connectivity index (χ1n) is 7.16. The number of pyridine rings is 1. The Kier molecular flexibility index (Phi) is 4.61. The van der Waals surface area contributed by atoms with Gasteiger partial charge in [-0.25, -0.2) is 4.98 Å². The summed E-state index contributed by atoms with van der Waals surface area (Å²) in [6, 6.07) is 14.1. The quantitative estimate of drug-likeness (QED) is 0.748. The summed E-state index contributed by atoms with van der Waals surface area (Å²) in [6.07, 6.45) is 4.47. The van der Waals surface area contributed by atoms with E-state index in [1.807, 2.05) is 30.3 Å². The second-order valence-electron chi connectivity index (χ2n) is 4.90. The molecule has 3 aromatic rings. The highest BCUT2D eigenvalue weighted by Gasteiger charge is 2.04. The minimum Gasteiger partial charge on any atom is -0.385 e. The fourth-order valence-electron chi connectivity index (χ4n) is 2.13. The summed E-state index contributed by atoms with van der Waals surface area (Å²) in [5, 5.41) is 6.51. The topological polar surface area (TPSA) is 37.8 Å². The molecule has 0 radical (unpaired) electrons. The standard InChI is InChI=1S/C18H17N3S/c1-14(15-5-3-2-4-6-15)20-12-9-17-13-22-18(21-17)16-7-10-19-11-8-16/h2-8,10-11,13,20H,1,9,12H2. The third-order valence-electron chi connectivity index (χ3n) is 3.32. The summed E-state index contributed by atoms with van der Waals surface area (Å²) in [5.74, 6) is 0. The van der Waals surface area contributed by atoms with Crippen LogP contribution in [0.25, 0.3) is 16.3 Å². The van der Waals surface area contributed by atoms with Crippen molar-refractivity contribution in [1.29, 1.82) is 0 Å². The Morgan fingerprint density at radius 2 is 1.86 bits per heavy atom. The molecule has 110 valence electrons. The van der Waals surface area contributed by atoms with Gasteiger partial charge in [0.2, 0.25) is 0 Å². The maximum absolute atomic E-state index is 4.67. The van der Waals surface area contributed by atoms with E-state index in [9.17, 15) is 0 Å². The van der Waals surface area contributed by atoms with E-state index in [1.54, 1.807) is 23.7 Å². The molecule has 0 aliphatic carbocycles. The zero-order valence-electron chi connectivity index (χ0n) is 12.2. The van der Waals surface area contributed by atoms with E-state index in [0.717, 1.165) is 40.5 Å². The lowest BCUT2D eigenvalue weighted by atomic mass is 10.2. The largest absolute Gasteiger partial charge is 0.385 e. The van der Waals surface area contributed by atoms with Gasteiger partial charge in [0, 0.05) is 42.0 Å². The van der Waals surface area contributed by atoms with Crippen LogP contribution in [0.4, 0.5) is 0 Å². The monoisotopic (exact) mass is 307 g/mol. The maximum Gasteiger partial charge on any atom is 0.123 e. The molecule has 0 aliphatic rings. The molecule has 22 heavy (non-hydrogen) atoms. The summed E-state index contributed by atoms with van der Waals surface area (Å²) in [4.78, 5) is 8.70. The summed E-state index contributed by atoms with van der Waals surface area (Å²) >= 11 is 1.67. The van der Waals surface area contributed by atoms with Crippen molar-refractivity contribution in [1.82, 2.24) is 15.3 Å². The molecule has 0 atom stereocenters. The Bertz CT molecular complexity index is 735. The number of benzene rings is 1. The van der Waals surface area contributed by atoms with Crippen molar-refractivity contribution in [3.63, 3.8) is 0 Å². The van der Waals surface area contributed by atoms with Crippen LogP contribution in [0, 0.1) is 0 Å². The highest BCUT2D eigenvalue weighted by Crippen LogP contribution is 2.22. The van der Waals surface area contributed by atoms with E-state index in [1.165, 1.54) is 0 Å². The zero-order valence-corrected chi connectivity index (χ0v) is 13.0. The van der Waals surface area contributed by atoms with Gasteiger partial charge < -0.3 is 5.32 Å². The van der Waals surface area contributed by atoms with Crippen molar-refractivity contribution in [3.8, 4) is 10.6 Å². The van der Waals surface area contributed by atoms with Gasteiger partial charge in [-0.3, -0.25) is 4.98 Å². The predicted molar refractivity (Wildman–Crippen MR) is 92.5 cm³/mol. The third-order valence-corrected chi connectivity index (χ3v) is 4.26. The molecule has 2 heterocycles. The van der Waals surface area contributed by atoms with Gasteiger partial charge in [0.05, 0.1) is 5.69 Å². The molecule has 2 aromatic heterocycles. The van der Waals surface area contributed by atoms with Crippen molar-refractivity contribution in [2.24, 2.45) is 0 Å². The van der Waals surface area contributed by atoms with Gasteiger partial charge >= 0.3 is 0 Å². The summed E-state index contributed by atoms with van der Waals surface area (Å²) in [7, 11) is 0.